The quantitative estimate of drug-likeness (QED) is 0.828. The molecule has 0 aliphatic rings. The molecular weight excluding hydrogens is 216 g/mol. The van der Waals surface area contributed by atoms with Crippen molar-refractivity contribution >= 4 is 11.3 Å². The van der Waals surface area contributed by atoms with Crippen LogP contribution in [0.15, 0.2) is 11.4 Å². The maximum absolute atomic E-state index is 5.97. The lowest BCUT2D eigenvalue weighted by atomic mass is 10.0. The molecular formula is C13H24N2S. The Balaban J connectivity index is 2.26. The molecule has 0 saturated carbocycles. The second-order valence-corrected chi connectivity index (χ2v) is 6.36. The van der Waals surface area contributed by atoms with Crippen LogP contribution in [0.4, 0.5) is 0 Å². The minimum Gasteiger partial charge on any atom is -0.326 e. The van der Waals surface area contributed by atoms with Gasteiger partial charge in [0.1, 0.15) is 0 Å². The van der Waals surface area contributed by atoms with E-state index in [1.807, 2.05) is 11.3 Å². The van der Waals surface area contributed by atoms with Crippen LogP contribution in [-0.2, 0) is 6.54 Å². The Morgan fingerprint density at radius 3 is 2.62 bits per heavy atom. The van der Waals surface area contributed by atoms with Crippen molar-refractivity contribution in [2.24, 2.45) is 5.73 Å². The van der Waals surface area contributed by atoms with Crippen LogP contribution in [0, 0.1) is 6.92 Å². The van der Waals surface area contributed by atoms with Crippen LogP contribution in [0.5, 0.6) is 0 Å². The summed E-state index contributed by atoms with van der Waals surface area (Å²) in [6, 6.07) is 2.19. The standard InChI is InChI=1S/C13H24N2S/c1-11-6-9-16-12(11)10-15(4)8-5-7-13(2,3)14/h6,9H,5,7-8,10,14H2,1-4H3. The van der Waals surface area contributed by atoms with Gasteiger partial charge >= 0.3 is 0 Å². The molecule has 0 aliphatic carbocycles. The maximum atomic E-state index is 5.97. The highest BCUT2D eigenvalue weighted by atomic mass is 32.1. The molecule has 1 aromatic rings. The number of nitrogens with zero attached hydrogens (tertiary/aromatic N) is 1. The van der Waals surface area contributed by atoms with E-state index in [9.17, 15) is 0 Å². The number of nitrogens with two attached hydrogens (primary N) is 1. The van der Waals surface area contributed by atoms with Crippen LogP contribution >= 0.6 is 11.3 Å². The first-order valence-electron chi connectivity index (χ1n) is 5.89. The summed E-state index contributed by atoms with van der Waals surface area (Å²) in [4.78, 5) is 3.86. The summed E-state index contributed by atoms with van der Waals surface area (Å²) in [5, 5.41) is 2.17. The fourth-order valence-corrected chi connectivity index (χ4v) is 2.68. The lowest BCUT2D eigenvalue weighted by Crippen LogP contribution is -2.33. The minimum atomic E-state index is -0.0281. The molecule has 0 atom stereocenters. The summed E-state index contributed by atoms with van der Waals surface area (Å²) < 4.78 is 0. The van der Waals surface area contributed by atoms with Crippen molar-refractivity contribution in [3.63, 3.8) is 0 Å². The molecule has 2 N–H and O–H groups in total. The molecule has 92 valence electrons. The molecule has 16 heavy (non-hydrogen) atoms. The predicted molar refractivity (Wildman–Crippen MR) is 72.9 cm³/mol. The SMILES string of the molecule is Cc1ccsc1CN(C)CCCC(C)(C)N. The predicted octanol–water partition coefficient (Wildman–Crippen LogP) is 3.01. The smallest absolute Gasteiger partial charge is 0.0327 e. The molecule has 0 bridgehead atoms. The largest absolute Gasteiger partial charge is 0.326 e. The summed E-state index contributed by atoms with van der Waals surface area (Å²) in [5.74, 6) is 0. The maximum Gasteiger partial charge on any atom is 0.0327 e. The Labute approximate surface area is 103 Å². The average molecular weight is 240 g/mol. The zero-order valence-electron chi connectivity index (χ0n) is 10.9. The average Bonchev–Trinajstić information content (AvgIpc) is 2.49. The number of rotatable bonds is 6. The van der Waals surface area contributed by atoms with Gasteiger partial charge in [0.15, 0.2) is 0 Å². The highest BCUT2D eigenvalue weighted by molar-refractivity contribution is 7.10. The van der Waals surface area contributed by atoms with Gasteiger partial charge in [-0.15, -0.1) is 11.3 Å². The molecule has 0 fully saturated rings. The lowest BCUT2D eigenvalue weighted by molar-refractivity contribution is 0.305. The van der Waals surface area contributed by atoms with Crippen molar-refractivity contribution in [2.75, 3.05) is 13.6 Å². The van der Waals surface area contributed by atoms with Gasteiger partial charge in [0.05, 0.1) is 0 Å². The van der Waals surface area contributed by atoms with Crippen LogP contribution in [-0.4, -0.2) is 24.0 Å². The van der Waals surface area contributed by atoms with Gasteiger partial charge in [-0.25, -0.2) is 0 Å². The fourth-order valence-electron chi connectivity index (χ4n) is 1.69. The van der Waals surface area contributed by atoms with Crippen molar-refractivity contribution in [2.45, 2.75) is 45.7 Å². The van der Waals surface area contributed by atoms with Crippen LogP contribution < -0.4 is 5.73 Å². The highest BCUT2D eigenvalue weighted by Crippen LogP contribution is 2.17. The number of hydrogen-bond acceptors (Lipinski definition) is 3. The van der Waals surface area contributed by atoms with E-state index in [1.165, 1.54) is 16.9 Å². The molecule has 0 amide bonds. The van der Waals surface area contributed by atoms with E-state index in [4.69, 9.17) is 5.73 Å². The van der Waals surface area contributed by atoms with E-state index in [0.717, 1.165) is 19.5 Å². The number of hydrogen-bond donors (Lipinski definition) is 1. The molecule has 0 saturated heterocycles. The van der Waals surface area contributed by atoms with Gasteiger partial charge in [-0.05, 0) is 64.2 Å². The van der Waals surface area contributed by atoms with E-state index in [-0.39, 0.29) is 5.54 Å². The fraction of sp³-hybridized carbons (Fsp3) is 0.692. The first kappa shape index (κ1) is 13.7. The molecule has 0 aliphatic heterocycles. The summed E-state index contributed by atoms with van der Waals surface area (Å²) in [6.45, 7) is 8.56. The van der Waals surface area contributed by atoms with Crippen molar-refractivity contribution in [3.8, 4) is 0 Å². The highest BCUT2D eigenvalue weighted by Gasteiger charge is 2.11. The molecule has 1 rings (SSSR count). The van der Waals surface area contributed by atoms with Gasteiger partial charge in [0, 0.05) is 17.0 Å². The van der Waals surface area contributed by atoms with E-state index in [0.29, 0.717) is 0 Å². The van der Waals surface area contributed by atoms with Gasteiger partial charge in [-0.3, -0.25) is 0 Å². The van der Waals surface area contributed by atoms with Gasteiger partial charge in [0.2, 0.25) is 0 Å². The first-order valence-corrected chi connectivity index (χ1v) is 6.77. The third kappa shape index (κ3) is 5.10. The second-order valence-electron chi connectivity index (χ2n) is 5.36. The van der Waals surface area contributed by atoms with Crippen molar-refractivity contribution in [3.05, 3.63) is 21.9 Å². The molecule has 1 heterocycles. The molecule has 0 spiro atoms. The molecule has 0 aromatic carbocycles. The summed E-state index contributed by atoms with van der Waals surface area (Å²) in [7, 11) is 2.18. The normalized spacial score (nSPS) is 12.4. The molecule has 0 unspecified atom stereocenters. The molecule has 3 heteroatoms. The Hall–Kier alpha value is -0.380. The zero-order chi connectivity index (χ0) is 12.2. The van der Waals surface area contributed by atoms with Gasteiger partial charge in [-0.1, -0.05) is 0 Å². The van der Waals surface area contributed by atoms with Gasteiger partial charge in [0.25, 0.3) is 0 Å². The topological polar surface area (TPSA) is 29.3 Å². The Kier molecular flexibility index (Phi) is 4.96. The summed E-state index contributed by atoms with van der Waals surface area (Å²) >= 11 is 1.85. The monoisotopic (exact) mass is 240 g/mol. The van der Waals surface area contributed by atoms with E-state index >= 15 is 0 Å². The van der Waals surface area contributed by atoms with Gasteiger partial charge < -0.3 is 10.6 Å². The van der Waals surface area contributed by atoms with Crippen LogP contribution in [0.2, 0.25) is 0 Å². The van der Waals surface area contributed by atoms with Crippen LogP contribution in [0.1, 0.15) is 37.1 Å². The number of thiophene rings is 1. The van der Waals surface area contributed by atoms with E-state index in [1.54, 1.807) is 0 Å². The molecule has 2 nitrogen and oxygen atoms in total. The zero-order valence-corrected chi connectivity index (χ0v) is 11.7. The van der Waals surface area contributed by atoms with Gasteiger partial charge in [-0.2, -0.15) is 0 Å². The Morgan fingerprint density at radius 2 is 2.12 bits per heavy atom. The molecule has 0 radical (unpaired) electrons. The lowest BCUT2D eigenvalue weighted by Gasteiger charge is -2.21. The summed E-state index contributed by atoms with van der Waals surface area (Å²) in [6.07, 6.45) is 2.26. The number of aryl methyl sites for hydroxylation is 1. The minimum absolute atomic E-state index is 0.0281. The first-order chi connectivity index (χ1) is 7.38. The van der Waals surface area contributed by atoms with E-state index in [2.05, 4.69) is 44.2 Å². The van der Waals surface area contributed by atoms with Crippen molar-refractivity contribution in [1.82, 2.24) is 4.90 Å². The Bertz CT molecular complexity index is 312. The van der Waals surface area contributed by atoms with E-state index < -0.39 is 0 Å². The second kappa shape index (κ2) is 5.80. The molecule has 1 aromatic heterocycles. The Morgan fingerprint density at radius 1 is 1.44 bits per heavy atom. The van der Waals surface area contributed by atoms with Crippen molar-refractivity contribution < 1.29 is 0 Å². The summed E-state index contributed by atoms with van der Waals surface area (Å²) in [5.41, 5.74) is 7.35. The third-order valence-corrected chi connectivity index (χ3v) is 3.75. The van der Waals surface area contributed by atoms with Crippen molar-refractivity contribution in [1.29, 1.82) is 0 Å². The third-order valence-electron chi connectivity index (χ3n) is 2.74. The van der Waals surface area contributed by atoms with Crippen LogP contribution in [0.3, 0.4) is 0 Å². The van der Waals surface area contributed by atoms with Crippen LogP contribution in [0.25, 0.3) is 0 Å².